The molecule has 12 aromatic carbocycles. The Bertz CT molecular complexity index is 3960. The van der Waals surface area contributed by atoms with Crippen LogP contribution in [0.4, 0.5) is 17.1 Å². The molecule has 0 aliphatic carbocycles. The number of hydrogen-bond donors (Lipinski definition) is 0. The van der Waals surface area contributed by atoms with Gasteiger partial charge in [-0.25, -0.2) is 0 Å². The third-order valence-corrected chi connectivity index (χ3v) is 13.4. The van der Waals surface area contributed by atoms with E-state index in [0.717, 1.165) is 50.0 Å². The van der Waals surface area contributed by atoms with Crippen LogP contribution in [0.15, 0.2) is 253 Å². The summed E-state index contributed by atoms with van der Waals surface area (Å²) in [7, 11) is 0. The normalized spacial score (nSPS) is 11.6. The van der Waals surface area contributed by atoms with Crippen LogP contribution in [0.25, 0.3) is 110 Å². The molecular formula is C64H41NO. The Kier molecular flexibility index (Phi) is 8.89. The van der Waals surface area contributed by atoms with E-state index in [0.29, 0.717) is 0 Å². The molecule has 0 bridgehead atoms. The molecule has 2 nitrogen and oxygen atoms in total. The smallest absolute Gasteiger partial charge is 0.143 e. The molecule has 308 valence electrons. The third-order valence-electron chi connectivity index (χ3n) is 13.4. The van der Waals surface area contributed by atoms with Crippen LogP contribution in [0.1, 0.15) is 0 Å². The summed E-state index contributed by atoms with van der Waals surface area (Å²) >= 11 is 0. The topological polar surface area (TPSA) is 16.4 Å². The van der Waals surface area contributed by atoms with E-state index in [-0.39, 0.29) is 0 Å². The highest BCUT2D eigenvalue weighted by atomic mass is 16.3. The van der Waals surface area contributed by atoms with E-state index in [1.165, 1.54) is 76.6 Å². The molecule has 0 radical (unpaired) electrons. The third kappa shape index (κ3) is 6.34. The Labute approximate surface area is 382 Å². The van der Waals surface area contributed by atoms with Crippen molar-refractivity contribution in [3.8, 4) is 44.5 Å². The van der Waals surface area contributed by atoms with E-state index in [4.69, 9.17) is 4.42 Å². The Hall–Kier alpha value is -8.72. The molecule has 0 aliphatic heterocycles. The van der Waals surface area contributed by atoms with Gasteiger partial charge in [0.05, 0.1) is 0 Å². The Balaban J connectivity index is 0.948. The van der Waals surface area contributed by atoms with Gasteiger partial charge in [0, 0.05) is 39.3 Å². The predicted octanol–water partition coefficient (Wildman–Crippen LogP) is 18.3. The Morgan fingerprint density at radius 2 is 0.712 bits per heavy atom. The molecule has 0 amide bonds. The van der Waals surface area contributed by atoms with Gasteiger partial charge in [-0.15, -0.1) is 0 Å². The van der Waals surface area contributed by atoms with Crippen molar-refractivity contribution < 1.29 is 4.42 Å². The van der Waals surface area contributed by atoms with Crippen molar-refractivity contribution in [3.63, 3.8) is 0 Å². The molecule has 0 saturated heterocycles. The van der Waals surface area contributed by atoms with Crippen molar-refractivity contribution in [3.05, 3.63) is 249 Å². The Morgan fingerprint density at radius 1 is 0.242 bits per heavy atom. The van der Waals surface area contributed by atoms with E-state index < -0.39 is 0 Å². The van der Waals surface area contributed by atoms with E-state index >= 15 is 0 Å². The molecule has 0 aliphatic rings. The molecule has 0 fully saturated rings. The molecule has 1 heterocycles. The summed E-state index contributed by atoms with van der Waals surface area (Å²) in [5, 5.41) is 12.0. The second-order valence-corrected chi connectivity index (χ2v) is 17.2. The quantitative estimate of drug-likeness (QED) is 0.149. The maximum Gasteiger partial charge on any atom is 0.143 e. The average Bonchev–Trinajstić information content (AvgIpc) is 3.77. The predicted molar refractivity (Wildman–Crippen MR) is 280 cm³/mol. The fourth-order valence-electron chi connectivity index (χ4n) is 10.2. The monoisotopic (exact) mass is 839 g/mol. The minimum Gasteiger partial charge on any atom is -0.455 e. The first-order valence-electron chi connectivity index (χ1n) is 22.7. The average molecular weight is 840 g/mol. The van der Waals surface area contributed by atoms with Gasteiger partial charge in [0.15, 0.2) is 0 Å². The molecule has 13 rings (SSSR count). The fraction of sp³-hybridized carbons (Fsp3) is 0. The lowest BCUT2D eigenvalue weighted by atomic mass is 9.84. The lowest BCUT2D eigenvalue weighted by molar-refractivity contribution is 0.672. The highest BCUT2D eigenvalue weighted by Crippen LogP contribution is 2.46. The summed E-state index contributed by atoms with van der Waals surface area (Å²) in [5.41, 5.74) is 14.5. The van der Waals surface area contributed by atoms with E-state index in [9.17, 15) is 0 Å². The first-order valence-corrected chi connectivity index (χ1v) is 22.7. The first-order chi connectivity index (χ1) is 32.7. The number of fused-ring (bicyclic) bond motifs is 9. The van der Waals surface area contributed by atoms with Gasteiger partial charge in [0.2, 0.25) is 0 Å². The van der Waals surface area contributed by atoms with E-state index in [1.807, 2.05) is 0 Å². The highest BCUT2D eigenvalue weighted by molar-refractivity contribution is 6.22. The summed E-state index contributed by atoms with van der Waals surface area (Å²) in [6.07, 6.45) is 0. The largest absolute Gasteiger partial charge is 0.455 e. The molecule has 0 saturated carbocycles. The van der Waals surface area contributed by atoms with Gasteiger partial charge in [0.1, 0.15) is 11.2 Å². The molecule has 2 heteroatoms. The molecule has 0 unspecified atom stereocenters. The SMILES string of the molecule is c1ccc(-c2c(-c3ccccc3)c3cc(-c4ccc(N(c5ccc(-c6ccc7ccccc7c6)cc5)c5ccc6c(c5)oc5c7ccccc7ccc65)cc4)ccc3c3ccccc23)cc1. The summed E-state index contributed by atoms with van der Waals surface area (Å²) in [4.78, 5) is 2.34. The number of anilines is 3. The number of furan rings is 1. The van der Waals surface area contributed by atoms with Gasteiger partial charge in [-0.05, 0) is 137 Å². The van der Waals surface area contributed by atoms with Crippen LogP contribution in [-0.2, 0) is 0 Å². The zero-order chi connectivity index (χ0) is 43.6. The molecule has 0 spiro atoms. The number of nitrogens with zero attached hydrogens (tertiary/aromatic N) is 1. The number of hydrogen-bond acceptors (Lipinski definition) is 2. The maximum absolute atomic E-state index is 6.73. The van der Waals surface area contributed by atoms with Crippen molar-refractivity contribution >= 4 is 82.1 Å². The van der Waals surface area contributed by atoms with Crippen molar-refractivity contribution in [1.29, 1.82) is 0 Å². The minimum atomic E-state index is 0.862. The lowest BCUT2D eigenvalue weighted by Crippen LogP contribution is -2.09. The summed E-state index contributed by atoms with van der Waals surface area (Å²) in [6.45, 7) is 0. The molecule has 0 atom stereocenters. The molecule has 13 aromatic rings. The van der Waals surface area contributed by atoms with Crippen LogP contribution in [0.5, 0.6) is 0 Å². The van der Waals surface area contributed by atoms with Crippen molar-refractivity contribution in [2.24, 2.45) is 0 Å². The summed E-state index contributed by atoms with van der Waals surface area (Å²) in [6, 6.07) is 90.2. The number of rotatable bonds is 7. The second kappa shape index (κ2) is 15.5. The van der Waals surface area contributed by atoms with E-state index in [1.54, 1.807) is 0 Å². The standard InChI is InChI=1S/C64H41NO/c1-3-15-46(16-4-1)62-58-22-12-11-21-55(58)56-36-30-50(40-60(56)63(62)47-17-5-2-6-18-47)44-27-33-52(34-28-44)65(51-31-25-43(26-32-51)49-24-23-42-13-7-8-19-48(42)39-49)53-35-38-57-59-37-29-45-14-9-10-20-54(45)64(59)66-61(57)41-53/h1-41H. The zero-order valence-electron chi connectivity index (χ0n) is 36.0. The molecule has 1 aromatic heterocycles. The van der Waals surface area contributed by atoms with Crippen LogP contribution in [0.2, 0.25) is 0 Å². The number of benzene rings is 12. The minimum absolute atomic E-state index is 0.862. The maximum atomic E-state index is 6.73. The Morgan fingerprint density at radius 3 is 1.41 bits per heavy atom. The van der Waals surface area contributed by atoms with Crippen LogP contribution in [-0.4, -0.2) is 0 Å². The summed E-state index contributed by atoms with van der Waals surface area (Å²) < 4.78 is 6.73. The van der Waals surface area contributed by atoms with Crippen LogP contribution >= 0.6 is 0 Å². The lowest BCUT2D eigenvalue weighted by Gasteiger charge is -2.26. The van der Waals surface area contributed by atoms with Gasteiger partial charge in [0.25, 0.3) is 0 Å². The van der Waals surface area contributed by atoms with Crippen LogP contribution < -0.4 is 4.90 Å². The molecule has 66 heavy (non-hydrogen) atoms. The van der Waals surface area contributed by atoms with Gasteiger partial charge in [-0.3, -0.25) is 0 Å². The fourth-order valence-corrected chi connectivity index (χ4v) is 10.2. The zero-order valence-corrected chi connectivity index (χ0v) is 36.0. The van der Waals surface area contributed by atoms with Gasteiger partial charge < -0.3 is 9.32 Å². The highest BCUT2D eigenvalue weighted by Gasteiger charge is 2.20. The van der Waals surface area contributed by atoms with Crippen molar-refractivity contribution in [2.45, 2.75) is 0 Å². The first kappa shape index (κ1) is 37.8. The summed E-state index contributed by atoms with van der Waals surface area (Å²) in [5.74, 6) is 0. The van der Waals surface area contributed by atoms with Gasteiger partial charge >= 0.3 is 0 Å². The van der Waals surface area contributed by atoms with Crippen LogP contribution in [0, 0.1) is 0 Å². The molecular weight excluding hydrogens is 799 g/mol. The van der Waals surface area contributed by atoms with E-state index in [2.05, 4.69) is 254 Å². The van der Waals surface area contributed by atoms with Gasteiger partial charge in [-0.1, -0.05) is 188 Å². The van der Waals surface area contributed by atoms with Gasteiger partial charge in [-0.2, -0.15) is 0 Å². The van der Waals surface area contributed by atoms with Crippen LogP contribution in [0.3, 0.4) is 0 Å². The van der Waals surface area contributed by atoms with Crippen molar-refractivity contribution in [1.82, 2.24) is 0 Å². The molecule has 0 N–H and O–H groups in total. The second-order valence-electron chi connectivity index (χ2n) is 17.2. The van der Waals surface area contributed by atoms with Crippen molar-refractivity contribution in [2.75, 3.05) is 4.90 Å².